The van der Waals surface area contributed by atoms with Crippen molar-refractivity contribution in [3.8, 4) is 17.2 Å². The Kier molecular flexibility index (Phi) is 6.71. The molecule has 0 bridgehead atoms. The van der Waals surface area contributed by atoms with E-state index in [1.54, 1.807) is 37.3 Å². The van der Waals surface area contributed by atoms with E-state index in [1.807, 2.05) is 0 Å². The minimum Gasteiger partial charge on any atom is -0.497 e. The highest BCUT2D eigenvalue weighted by molar-refractivity contribution is 7.99. The number of carbonyl (C=O) groups excluding carboxylic acids is 1. The van der Waals surface area contributed by atoms with Crippen LogP contribution in [0.2, 0.25) is 0 Å². The second kappa shape index (κ2) is 9.42. The van der Waals surface area contributed by atoms with Gasteiger partial charge in [0, 0.05) is 6.07 Å². The number of ketones is 1. The number of Topliss-reactive ketones (excluding diaryl/α,β-unsaturated/α-hetero) is 1. The zero-order chi connectivity index (χ0) is 20.8. The van der Waals surface area contributed by atoms with Gasteiger partial charge in [-0.1, -0.05) is 23.9 Å². The van der Waals surface area contributed by atoms with Crippen LogP contribution in [0.4, 0.5) is 4.39 Å². The molecule has 0 amide bonds. The van der Waals surface area contributed by atoms with Crippen LogP contribution in [0, 0.1) is 5.82 Å². The summed E-state index contributed by atoms with van der Waals surface area (Å²) in [6.07, 6.45) is -0.647. The number of methoxy groups -OCH3 is 2. The summed E-state index contributed by atoms with van der Waals surface area (Å²) in [7, 11) is 3.02. The van der Waals surface area contributed by atoms with Gasteiger partial charge in [0.1, 0.15) is 11.5 Å². The number of halogens is 1. The number of para-hydroxylation sites is 1. The third kappa shape index (κ3) is 5.05. The van der Waals surface area contributed by atoms with Gasteiger partial charge < -0.3 is 18.6 Å². The molecule has 0 aliphatic heterocycles. The predicted octanol–water partition coefficient (Wildman–Crippen LogP) is 4.34. The number of rotatable bonds is 9. The van der Waals surface area contributed by atoms with Crippen molar-refractivity contribution in [2.24, 2.45) is 0 Å². The lowest BCUT2D eigenvalue weighted by molar-refractivity contribution is 0.101. The summed E-state index contributed by atoms with van der Waals surface area (Å²) < 4.78 is 35.1. The molecule has 0 unspecified atom stereocenters. The minimum atomic E-state index is -0.647. The van der Waals surface area contributed by atoms with Crippen LogP contribution in [0.1, 0.15) is 29.3 Å². The van der Waals surface area contributed by atoms with E-state index in [0.29, 0.717) is 17.1 Å². The Bertz CT molecular complexity index is 995. The number of carbonyl (C=O) groups is 1. The summed E-state index contributed by atoms with van der Waals surface area (Å²) in [4.78, 5) is 12.5. The van der Waals surface area contributed by atoms with Crippen molar-refractivity contribution in [1.82, 2.24) is 10.2 Å². The highest BCUT2D eigenvalue weighted by atomic mass is 32.2. The second-order valence-corrected chi connectivity index (χ2v) is 6.80. The van der Waals surface area contributed by atoms with Gasteiger partial charge in [0.05, 0.1) is 25.5 Å². The molecule has 3 aromatic rings. The molecule has 0 fully saturated rings. The standard InChI is InChI=1S/C20H19FN2O5S/c1-12(27-17-7-5-4-6-15(17)21)19-22-23-20(28-19)29-11-16(24)14-9-8-13(25-2)10-18(14)26-3/h4-10,12H,11H2,1-3H3/t12-/m0/s1. The molecule has 0 N–H and O–H groups in total. The van der Waals surface area contributed by atoms with Crippen molar-refractivity contribution in [2.75, 3.05) is 20.0 Å². The Morgan fingerprint density at radius 1 is 1.14 bits per heavy atom. The van der Waals surface area contributed by atoms with Crippen LogP contribution in [0.5, 0.6) is 17.2 Å². The minimum absolute atomic E-state index is 0.0763. The monoisotopic (exact) mass is 418 g/mol. The van der Waals surface area contributed by atoms with Crippen molar-refractivity contribution >= 4 is 17.5 Å². The first-order chi connectivity index (χ1) is 14.0. The molecule has 2 aromatic carbocycles. The van der Waals surface area contributed by atoms with E-state index in [-0.39, 0.29) is 28.4 Å². The molecule has 0 aliphatic carbocycles. The number of thioether (sulfide) groups is 1. The Morgan fingerprint density at radius 3 is 2.66 bits per heavy atom. The maximum atomic E-state index is 13.7. The molecule has 1 atom stereocenters. The zero-order valence-electron chi connectivity index (χ0n) is 16.0. The van der Waals surface area contributed by atoms with Crippen LogP contribution in [0.3, 0.4) is 0 Å². The van der Waals surface area contributed by atoms with Gasteiger partial charge in [0.25, 0.3) is 11.1 Å². The van der Waals surface area contributed by atoms with Gasteiger partial charge in [-0.25, -0.2) is 4.39 Å². The molecular formula is C20H19FN2O5S. The van der Waals surface area contributed by atoms with Crippen LogP contribution in [0.25, 0.3) is 0 Å². The molecule has 1 heterocycles. The third-order valence-corrected chi connectivity index (χ3v) is 4.76. The first kappa shape index (κ1) is 20.7. The molecule has 0 saturated heterocycles. The number of hydrogen-bond donors (Lipinski definition) is 0. The molecule has 29 heavy (non-hydrogen) atoms. The Labute approximate surface area is 171 Å². The van der Waals surface area contributed by atoms with E-state index >= 15 is 0 Å². The summed E-state index contributed by atoms with van der Waals surface area (Å²) in [5, 5.41) is 8.03. The molecule has 9 heteroatoms. The van der Waals surface area contributed by atoms with Crippen molar-refractivity contribution in [2.45, 2.75) is 18.3 Å². The number of hydrogen-bond acceptors (Lipinski definition) is 8. The van der Waals surface area contributed by atoms with Crippen LogP contribution in [-0.4, -0.2) is 36.0 Å². The van der Waals surface area contributed by atoms with Gasteiger partial charge in [0.2, 0.25) is 0 Å². The Hall–Kier alpha value is -3.07. The van der Waals surface area contributed by atoms with Crippen LogP contribution >= 0.6 is 11.8 Å². The quantitative estimate of drug-likeness (QED) is 0.375. The second-order valence-electron chi connectivity index (χ2n) is 5.87. The smallest absolute Gasteiger partial charge is 0.277 e. The van der Waals surface area contributed by atoms with Gasteiger partial charge >= 0.3 is 0 Å². The van der Waals surface area contributed by atoms with E-state index in [4.69, 9.17) is 18.6 Å². The number of benzene rings is 2. The van der Waals surface area contributed by atoms with Gasteiger partial charge in [-0.2, -0.15) is 0 Å². The molecule has 7 nitrogen and oxygen atoms in total. The maximum absolute atomic E-state index is 13.7. The number of aromatic nitrogens is 2. The zero-order valence-corrected chi connectivity index (χ0v) is 16.9. The molecule has 0 aliphatic rings. The SMILES string of the molecule is COc1ccc(C(=O)CSc2nnc([C@H](C)Oc3ccccc3F)o2)c(OC)c1. The third-order valence-electron chi connectivity index (χ3n) is 3.95. The van der Waals surface area contributed by atoms with Gasteiger partial charge in [-0.05, 0) is 31.2 Å². The topological polar surface area (TPSA) is 83.7 Å². The Balaban J connectivity index is 1.62. The fraction of sp³-hybridized carbons (Fsp3) is 0.250. The maximum Gasteiger partial charge on any atom is 0.277 e. The van der Waals surface area contributed by atoms with Crippen molar-refractivity contribution < 1.29 is 27.8 Å². The lowest BCUT2D eigenvalue weighted by Crippen LogP contribution is -2.05. The summed E-state index contributed by atoms with van der Waals surface area (Å²) in [6.45, 7) is 1.67. The molecular weight excluding hydrogens is 399 g/mol. The first-order valence-corrected chi connectivity index (χ1v) is 9.63. The van der Waals surface area contributed by atoms with E-state index in [0.717, 1.165) is 11.8 Å². The lowest BCUT2D eigenvalue weighted by Gasteiger charge is -2.11. The van der Waals surface area contributed by atoms with Gasteiger partial charge in [-0.15, -0.1) is 10.2 Å². The number of nitrogens with zero attached hydrogens (tertiary/aromatic N) is 2. The van der Waals surface area contributed by atoms with E-state index in [2.05, 4.69) is 10.2 Å². The van der Waals surface area contributed by atoms with Crippen LogP contribution < -0.4 is 14.2 Å². The molecule has 0 saturated carbocycles. The van der Waals surface area contributed by atoms with Crippen LogP contribution in [0.15, 0.2) is 52.1 Å². The highest BCUT2D eigenvalue weighted by Gasteiger charge is 2.19. The van der Waals surface area contributed by atoms with E-state index < -0.39 is 11.9 Å². The van der Waals surface area contributed by atoms with Crippen molar-refractivity contribution in [3.63, 3.8) is 0 Å². The van der Waals surface area contributed by atoms with Gasteiger partial charge in [-0.3, -0.25) is 4.79 Å². The van der Waals surface area contributed by atoms with E-state index in [9.17, 15) is 9.18 Å². The number of ether oxygens (including phenoxy) is 3. The normalized spacial score (nSPS) is 11.7. The molecule has 1 aromatic heterocycles. The highest BCUT2D eigenvalue weighted by Crippen LogP contribution is 2.28. The van der Waals surface area contributed by atoms with Gasteiger partial charge in [0.15, 0.2) is 23.5 Å². The molecule has 0 radical (unpaired) electrons. The summed E-state index contributed by atoms with van der Waals surface area (Å²) in [6, 6.07) is 11.0. The van der Waals surface area contributed by atoms with Crippen molar-refractivity contribution in [1.29, 1.82) is 0 Å². The van der Waals surface area contributed by atoms with Crippen LogP contribution in [-0.2, 0) is 0 Å². The summed E-state index contributed by atoms with van der Waals surface area (Å²) >= 11 is 1.09. The largest absolute Gasteiger partial charge is 0.497 e. The first-order valence-electron chi connectivity index (χ1n) is 8.64. The summed E-state index contributed by atoms with van der Waals surface area (Å²) in [5.74, 6) is 0.730. The lowest BCUT2D eigenvalue weighted by atomic mass is 10.1. The fourth-order valence-electron chi connectivity index (χ4n) is 2.46. The average molecular weight is 418 g/mol. The average Bonchev–Trinajstić information content (AvgIpc) is 3.22. The molecule has 3 rings (SSSR count). The molecule has 152 valence electrons. The van der Waals surface area contributed by atoms with E-state index in [1.165, 1.54) is 26.4 Å². The summed E-state index contributed by atoms with van der Waals surface area (Å²) in [5.41, 5.74) is 0.428. The van der Waals surface area contributed by atoms with Crippen molar-refractivity contribution in [3.05, 3.63) is 59.7 Å². The predicted molar refractivity (Wildman–Crippen MR) is 104 cm³/mol. The fourth-order valence-corrected chi connectivity index (χ4v) is 3.11. The molecule has 0 spiro atoms. The Morgan fingerprint density at radius 2 is 1.93 bits per heavy atom.